The summed E-state index contributed by atoms with van der Waals surface area (Å²) in [6, 6.07) is 2.07. The minimum absolute atomic E-state index is 0.00122. The molecule has 0 aliphatic carbocycles. The highest BCUT2D eigenvalue weighted by Gasteiger charge is 2.13. The van der Waals surface area contributed by atoms with E-state index in [0.717, 1.165) is 18.4 Å². The largest absolute Gasteiger partial charge is 0.338 e. The molecule has 9 heteroatoms. The first-order valence-electron chi connectivity index (χ1n) is 6.68. The second-order valence-electron chi connectivity index (χ2n) is 4.65. The van der Waals surface area contributed by atoms with Gasteiger partial charge in [0.1, 0.15) is 11.6 Å². The smallest absolute Gasteiger partial charge is 0.319 e. The van der Waals surface area contributed by atoms with Crippen molar-refractivity contribution >= 4 is 21.7 Å². The second-order valence-corrected chi connectivity index (χ2v) is 6.63. The summed E-state index contributed by atoms with van der Waals surface area (Å²) >= 11 is 0. The van der Waals surface area contributed by atoms with E-state index in [1.165, 1.54) is 4.31 Å². The zero-order valence-electron chi connectivity index (χ0n) is 12.4. The lowest BCUT2D eigenvalue weighted by Crippen LogP contribution is -2.34. The number of anilines is 1. The number of rotatable bonds is 7. The zero-order valence-corrected chi connectivity index (χ0v) is 13.2. The van der Waals surface area contributed by atoms with E-state index in [4.69, 9.17) is 0 Å². The summed E-state index contributed by atoms with van der Waals surface area (Å²) in [5.41, 5.74) is 0.00122. The van der Waals surface area contributed by atoms with E-state index in [9.17, 15) is 22.0 Å². The highest BCUT2D eigenvalue weighted by atomic mass is 32.2. The predicted octanol–water partition coefficient (Wildman–Crippen LogP) is 1.76. The Labute approximate surface area is 128 Å². The number of hydrogen-bond acceptors (Lipinski definition) is 3. The van der Waals surface area contributed by atoms with Crippen molar-refractivity contribution in [1.82, 2.24) is 9.62 Å². The molecule has 0 saturated heterocycles. The summed E-state index contributed by atoms with van der Waals surface area (Å²) in [7, 11) is -3.25. The maximum Gasteiger partial charge on any atom is 0.319 e. The van der Waals surface area contributed by atoms with Crippen LogP contribution < -0.4 is 10.6 Å². The molecule has 0 unspecified atom stereocenters. The summed E-state index contributed by atoms with van der Waals surface area (Å²) < 4.78 is 49.9. The summed E-state index contributed by atoms with van der Waals surface area (Å²) in [5, 5.41) is 4.78. The van der Waals surface area contributed by atoms with Crippen LogP contribution in [0.1, 0.15) is 13.3 Å². The van der Waals surface area contributed by atoms with Crippen molar-refractivity contribution in [1.29, 1.82) is 0 Å². The van der Waals surface area contributed by atoms with Crippen molar-refractivity contribution in [2.45, 2.75) is 13.3 Å². The van der Waals surface area contributed by atoms with Crippen LogP contribution in [0.3, 0.4) is 0 Å². The molecule has 0 spiro atoms. The fraction of sp³-hybridized carbons (Fsp3) is 0.462. The molecule has 0 heterocycles. The number of sulfonamides is 1. The monoisotopic (exact) mass is 335 g/mol. The first-order chi connectivity index (χ1) is 10.2. The average Bonchev–Trinajstić information content (AvgIpc) is 2.35. The maximum absolute atomic E-state index is 13.0. The number of carbonyl (C=O) groups excluding carboxylic acids is 1. The highest BCUT2D eigenvalue weighted by Crippen LogP contribution is 2.12. The predicted molar refractivity (Wildman–Crippen MR) is 80.1 cm³/mol. The van der Waals surface area contributed by atoms with Crippen LogP contribution in [0.5, 0.6) is 0 Å². The number of urea groups is 1. The van der Waals surface area contributed by atoms with E-state index in [1.54, 1.807) is 6.92 Å². The van der Waals surface area contributed by atoms with Gasteiger partial charge in [-0.2, -0.15) is 0 Å². The number of nitrogens with one attached hydrogen (secondary N) is 2. The van der Waals surface area contributed by atoms with Crippen LogP contribution in [-0.4, -0.2) is 44.6 Å². The standard InChI is InChI=1S/C13H19F2N3O3S/c1-3-18(22(2,20)21)6-4-5-16-13(19)17-12-8-10(14)7-11(15)9-12/h7-9H,3-6H2,1-2H3,(H2,16,17,19). The average molecular weight is 335 g/mol. The van der Waals surface area contributed by atoms with E-state index in [2.05, 4.69) is 10.6 Å². The van der Waals surface area contributed by atoms with Crippen molar-refractivity contribution in [2.24, 2.45) is 0 Å². The minimum atomic E-state index is -3.25. The molecule has 0 radical (unpaired) electrons. The van der Waals surface area contributed by atoms with Gasteiger partial charge in [-0.15, -0.1) is 0 Å². The Morgan fingerprint density at radius 2 is 1.82 bits per heavy atom. The molecule has 0 atom stereocenters. The molecule has 2 amide bonds. The van der Waals surface area contributed by atoms with Crippen molar-refractivity contribution in [3.63, 3.8) is 0 Å². The van der Waals surface area contributed by atoms with Crippen molar-refractivity contribution < 1.29 is 22.0 Å². The van der Waals surface area contributed by atoms with Crippen LogP contribution in [0.2, 0.25) is 0 Å². The van der Waals surface area contributed by atoms with Gasteiger partial charge in [0.25, 0.3) is 0 Å². The summed E-state index contributed by atoms with van der Waals surface area (Å²) in [5.74, 6) is -1.58. The number of carbonyl (C=O) groups is 1. The van der Waals surface area contributed by atoms with Crippen molar-refractivity contribution in [2.75, 3.05) is 31.2 Å². The number of halogens is 2. The Hall–Kier alpha value is -1.74. The Bertz CT molecular complexity index is 603. The van der Waals surface area contributed by atoms with E-state index < -0.39 is 27.7 Å². The van der Waals surface area contributed by atoms with Crippen LogP contribution in [-0.2, 0) is 10.0 Å². The Kier molecular flexibility index (Phi) is 6.69. The first kappa shape index (κ1) is 18.3. The summed E-state index contributed by atoms with van der Waals surface area (Å²) in [6.07, 6.45) is 1.54. The molecule has 0 saturated carbocycles. The van der Waals surface area contributed by atoms with Gasteiger partial charge >= 0.3 is 6.03 Å². The maximum atomic E-state index is 13.0. The van der Waals surface area contributed by atoms with E-state index >= 15 is 0 Å². The van der Waals surface area contributed by atoms with Crippen LogP contribution in [0, 0.1) is 11.6 Å². The Balaban J connectivity index is 2.38. The lowest BCUT2D eigenvalue weighted by Gasteiger charge is -2.17. The van der Waals surface area contributed by atoms with Crippen molar-refractivity contribution in [3.05, 3.63) is 29.8 Å². The minimum Gasteiger partial charge on any atom is -0.338 e. The molecule has 1 aromatic carbocycles. The fourth-order valence-electron chi connectivity index (χ4n) is 1.82. The van der Waals surface area contributed by atoms with Gasteiger partial charge in [-0.05, 0) is 18.6 Å². The summed E-state index contributed by atoms with van der Waals surface area (Å²) in [4.78, 5) is 11.5. The van der Waals surface area contributed by atoms with Gasteiger partial charge in [-0.25, -0.2) is 26.3 Å². The number of benzene rings is 1. The number of nitrogens with zero attached hydrogens (tertiary/aromatic N) is 1. The lowest BCUT2D eigenvalue weighted by molar-refractivity contribution is 0.251. The molecule has 6 nitrogen and oxygen atoms in total. The van der Waals surface area contributed by atoms with E-state index in [0.29, 0.717) is 19.0 Å². The van der Waals surface area contributed by atoms with Crippen LogP contribution in [0.4, 0.5) is 19.3 Å². The van der Waals surface area contributed by atoms with Gasteiger partial charge in [0.2, 0.25) is 10.0 Å². The van der Waals surface area contributed by atoms with Crippen molar-refractivity contribution in [3.8, 4) is 0 Å². The topological polar surface area (TPSA) is 78.5 Å². The number of amides is 2. The Morgan fingerprint density at radius 3 is 2.32 bits per heavy atom. The van der Waals surface area contributed by atoms with Gasteiger partial charge in [0, 0.05) is 31.4 Å². The second kappa shape index (κ2) is 8.04. The quantitative estimate of drug-likeness (QED) is 0.745. The normalized spacial score (nSPS) is 11.5. The van der Waals surface area contributed by atoms with Crippen LogP contribution >= 0.6 is 0 Å². The fourth-order valence-corrected chi connectivity index (χ4v) is 2.75. The van der Waals surface area contributed by atoms with Gasteiger partial charge in [-0.1, -0.05) is 6.92 Å². The molecule has 2 N–H and O–H groups in total. The third kappa shape index (κ3) is 6.35. The molecular formula is C13H19F2N3O3S. The van der Waals surface area contributed by atoms with Gasteiger partial charge in [0.15, 0.2) is 0 Å². The molecule has 0 fully saturated rings. The highest BCUT2D eigenvalue weighted by molar-refractivity contribution is 7.88. The summed E-state index contributed by atoms with van der Waals surface area (Å²) in [6.45, 7) is 2.59. The van der Waals surface area contributed by atoms with Gasteiger partial charge < -0.3 is 10.6 Å². The SMILES string of the molecule is CCN(CCCNC(=O)Nc1cc(F)cc(F)c1)S(C)(=O)=O. The van der Waals surface area contributed by atoms with E-state index in [-0.39, 0.29) is 18.8 Å². The van der Waals surface area contributed by atoms with Crippen LogP contribution in [0.15, 0.2) is 18.2 Å². The number of hydrogen-bond donors (Lipinski definition) is 2. The third-order valence-corrected chi connectivity index (χ3v) is 4.19. The molecule has 1 rings (SSSR count). The first-order valence-corrected chi connectivity index (χ1v) is 8.53. The molecular weight excluding hydrogens is 316 g/mol. The van der Waals surface area contributed by atoms with Gasteiger partial charge in [0.05, 0.1) is 6.26 Å². The molecule has 124 valence electrons. The molecule has 0 aromatic heterocycles. The van der Waals surface area contributed by atoms with Crippen LogP contribution in [0.25, 0.3) is 0 Å². The third-order valence-electron chi connectivity index (χ3n) is 2.81. The molecule has 0 bridgehead atoms. The molecule has 0 aliphatic heterocycles. The lowest BCUT2D eigenvalue weighted by atomic mass is 10.3. The zero-order chi connectivity index (χ0) is 16.8. The molecule has 0 aliphatic rings. The Morgan fingerprint density at radius 1 is 1.23 bits per heavy atom. The molecule has 22 heavy (non-hydrogen) atoms. The molecule has 1 aromatic rings. The van der Waals surface area contributed by atoms with E-state index in [1.807, 2.05) is 0 Å². The van der Waals surface area contributed by atoms with Gasteiger partial charge in [-0.3, -0.25) is 0 Å².